The number of hydrogen-bond donors (Lipinski definition) is 1. The fourth-order valence-corrected chi connectivity index (χ4v) is 2.77. The minimum atomic E-state index is -3.32. The van der Waals surface area contributed by atoms with E-state index in [1.807, 2.05) is 6.92 Å². The van der Waals surface area contributed by atoms with Gasteiger partial charge in [0.05, 0.1) is 6.61 Å². The fourth-order valence-electron chi connectivity index (χ4n) is 1.65. The van der Waals surface area contributed by atoms with Gasteiger partial charge in [-0.1, -0.05) is 6.92 Å². The highest BCUT2D eigenvalue weighted by atomic mass is 32.2. The number of nitrogens with two attached hydrogens (primary N) is 1. The third-order valence-electron chi connectivity index (χ3n) is 2.51. The lowest BCUT2D eigenvalue weighted by atomic mass is 10.2. The summed E-state index contributed by atoms with van der Waals surface area (Å²) in [7, 11) is -3.32. The van der Waals surface area contributed by atoms with Gasteiger partial charge in [-0.3, -0.25) is 0 Å². The van der Waals surface area contributed by atoms with Crippen LogP contribution in [0, 0.1) is 0 Å². The summed E-state index contributed by atoms with van der Waals surface area (Å²) in [6, 6.07) is 3.15. The van der Waals surface area contributed by atoms with E-state index >= 15 is 0 Å². The molecule has 1 aromatic carbocycles. The van der Waals surface area contributed by atoms with Crippen molar-refractivity contribution in [2.75, 3.05) is 12.5 Å². The van der Waals surface area contributed by atoms with Crippen LogP contribution in [-0.4, -0.2) is 21.0 Å². The van der Waals surface area contributed by atoms with Crippen LogP contribution in [-0.2, 0) is 16.4 Å². The van der Waals surface area contributed by atoms with Crippen LogP contribution in [0.25, 0.3) is 0 Å². The number of benzene rings is 1. The minimum Gasteiger partial charge on any atom is -0.493 e. The van der Waals surface area contributed by atoms with Gasteiger partial charge >= 0.3 is 0 Å². The maximum atomic E-state index is 11.7. The molecule has 0 unspecified atom stereocenters. The molecule has 2 N–H and O–H groups in total. The molecule has 0 bridgehead atoms. The van der Waals surface area contributed by atoms with Crippen molar-refractivity contribution in [2.45, 2.75) is 24.8 Å². The van der Waals surface area contributed by atoms with Gasteiger partial charge in [-0.25, -0.2) is 8.42 Å². The lowest BCUT2D eigenvalue weighted by Gasteiger charge is -2.10. The Labute approximate surface area is 100 Å². The lowest BCUT2D eigenvalue weighted by molar-refractivity contribution is 0.312. The third kappa shape index (κ3) is 2.23. The van der Waals surface area contributed by atoms with Crippen LogP contribution in [0.1, 0.15) is 18.9 Å². The zero-order valence-electron chi connectivity index (χ0n) is 9.60. The second-order valence-corrected chi connectivity index (χ2v) is 5.74. The molecule has 1 heterocycles. The van der Waals surface area contributed by atoms with E-state index in [1.165, 1.54) is 6.07 Å². The van der Waals surface area contributed by atoms with Gasteiger partial charge in [-0.15, -0.1) is 0 Å². The molecule has 94 valence electrons. The molecule has 1 aliphatic rings. The Bertz CT molecular complexity index is 525. The van der Waals surface area contributed by atoms with Crippen LogP contribution in [0.4, 0.5) is 0 Å². The Hall–Kier alpha value is -1.27. The van der Waals surface area contributed by atoms with E-state index in [0.29, 0.717) is 18.1 Å². The first kappa shape index (κ1) is 12.2. The zero-order valence-corrected chi connectivity index (χ0v) is 10.4. The highest BCUT2D eigenvalue weighted by molar-refractivity contribution is 7.91. The first-order chi connectivity index (χ1) is 8.08. The summed E-state index contributed by atoms with van der Waals surface area (Å²) in [6.07, 6.45) is 0.852. The molecule has 0 saturated carbocycles. The fraction of sp³-hybridized carbons (Fsp3) is 0.455. The average molecular weight is 257 g/mol. The number of sulfone groups is 1. The normalized spacial score (nSPS) is 16.4. The Morgan fingerprint density at radius 3 is 2.88 bits per heavy atom. The second-order valence-electron chi connectivity index (χ2n) is 3.84. The van der Waals surface area contributed by atoms with Gasteiger partial charge in [0.2, 0.25) is 9.84 Å². The molecule has 5 nitrogen and oxygen atoms in total. The first-order valence-corrected chi connectivity index (χ1v) is 7.09. The molecular weight excluding hydrogens is 242 g/mol. The monoisotopic (exact) mass is 257 g/mol. The topological polar surface area (TPSA) is 78.6 Å². The van der Waals surface area contributed by atoms with Crippen LogP contribution < -0.4 is 15.2 Å². The summed E-state index contributed by atoms with van der Waals surface area (Å²) in [5.41, 5.74) is 6.36. The van der Waals surface area contributed by atoms with Crippen molar-refractivity contribution < 1.29 is 17.9 Å². The van der Waals surface area contributed by atoms with Gasteiger partial charge in [-0.2, -0.15) is 0 Å². The molecule has 1 aromatic rings. The lowest BCUT2D eigenvalue weighted by Crippen LogP contribution is -2.04. The van der Waals surface area contributed by atoms with E-state index < -0.39 is 9.84 Å². The summed E-state index contributed by atoms with van der Waals surface area (Å²) >= 11 is 0. The van der Waals surface area contributed by atoms with Gasteiger partial charge in [-0.05, 0) is 12.5 Å². The Balaban J connectivity index is 2.46. The molecule has 0 aliphatic carbocycles. The van der Waals surface area contributed by atoms with E-state index in [9.17, 15) is 8.42 Å². The molecule has 0 aromatic heterocycles. The van der Waals surface area contributed by atoms with Crippen LogP contribution in [0.15, 0.2) is 17.0 Å². The van der Waals surface area contributed by atoms with Gasteiger partial charge < -0.3 is 15.2 Å². The standard InChI is InChI=1S/C11H15NO4S/c1-2-3-15-9-5-11-10(4-8(9)6-12)16-7-17(11,13)14/h4-5H,2-3,6-7,12H2,1H3. The predicted molar refractivity (Wildman–Crippen MR) is 62.8 cm³/mol. The van der Waals surface area contributed by atoms with Gasteiger partial charge in [0, 0.05) is 18.2 Å². The van der Waals surface area contributed by atoms with Crippen LogP contribution in [0.3, 0.4) is 0 Å². The molecule has 0 radical (unpaired) electrons. The Kier molecular flexibility index (Phi) is 3.26. The molecule has 0 spiro atoms. The summed E-state index contributed by atoms with van der Waals surface area (Å²) in [5.74, 6) is 0.598. The third-order valence-corrected chi connectivity index (χ3v) is 3.93. The van der Waals surface area contributed by atoms with Gasteiger partial charge in [0.25, 0.3) is 0 Å². The predicted octanol–water partition coefficient (Wildman–Crippen LogP) is 1.06. The van der Waals surface area contributed by atoms with Crippen LogP contribution >= 0.6 is 0 Å². The molecule has 17 heavy (non-hydrogen) atoms. The largest absolute Gasteiger partial charge is 0.493 e. The smallest absolute Gasteiger partial charge is 0.217 e. The molecule has 1 aliphatic heterocycles. The van der Waals surface area contributed by atoms with Gasteiger partial charge in [0.1, 0.15) is 16.4 Å². The number of fused-ring (bicyclic) bond motifs is 1. The van der Waals surface area contributed by atoms with Crippen molar-refractivity contribution in [3.05, 3.63) is 17.7 Å². The van der Waals surface area contributed by atoms with Crippen molar-refractivity contribution in [2.24, 2.45) is 5.73 Å². The number of ether oxygens (including phenoxy) is 2. The maximum Gasteiger partial charge on any atom is 0.217 e. The van der Waals surface area contributed by atoms with Crippen molar-refractivity contribution in [1.82, 2.24) is 0 Å². The van der Waals surface area contributed by atoms with E-state index in [-0.39, 0.29) is 17.4 Å². The van der Waals surface area contributed by atoms with E-state index in [4.69, 9.17) is 15.2 Å². The quantitative estimate of drug-likeness (QED) is 0.872. The molecule has 0 amide bonds. The van der Waals surface area contributed by atoms with Crippen LogP contribution in [0.5, 0.6) is 11.5 Å². The van der Waals surface area contributed by atoms with Gasteiger partial charge in [0.15, 0.2) is 5.94 Å². The number of hydrogen-bond acceptors (Lipinski definition) is 5. The van der Waals surface area contributed by atoms with E-state index in [2.05, 4.69) is 0 Å². The summed E-state index contributed by atoms with van der Waals surface area (Å²) < 4.78 is 33.9. The number of rotatable bonds is 4. The Morgan fingerprint density at radius 2 is 2.24 bits per heavy atom. The molecule has 2 rings (SSSR count). The average Bonchev–Trinajstić information content (AvgIpc) is 2.61. The molecular formula is C11H15NO4S. The molecule has 6 heteroatoms. The van der Waals surface area contributed by atoms with Crippen molar-refractivity contribution >= 4 is 9.84 Å². The summed E-state index contributed by atoms with van der Waals surface area (Å²) in [4.78, 5) is 0.195. The van der Waals surface area contributed by atoms with Crippen molar-refractivity contribution in [3.8, 4) is 11.5 Å². The van der Waals surface area contributed by atoms with E-state index in [1.54, 1.807) is 6.07 Å². The molecule has 0 atom stereocenters. The summed E-state index contributed by atoms with van der Waals surface area (Å²) in [6.45, 7) is 2.80. The second kappa shape index (κ2) is 4.54. The highest BCUT2D eigenvalue weighted by Crippen LogP contribution is 2.36. The SMILES string of the molecule is CCCOc1cc2c(cc1CN)OCS2(=O)=O. The van der Waals surface area contributed by atoms with Crippen LogP contribution in [0.2, 0.25) is 0 Å². The first-order valence-electron chi connectivity index (χ1n) is 5.44. The van der Waals surface area contributed by atoms with Crippen molar-refractivity contribution in [1.29, 1.82) is 0 Å². The highest BCUT2D eigenvalue weighted by Gasteiger charge is 2.29. The summed E-state index contributed by atoms with van der Waals surface area (Å²) in [5, 5.41) is 0. The zero-order chi connectivity index (χ0) is 12.5. The van der Waals surface area contributed by atoms with Crippen molar-refractivity contribution in [3.63, 3.8) is 0 Å². The Morgan fingerprint density at radius 1 is 1.47 bits per heavy atom. The van der Waals surface area contributed by atoms with E-state index in [0.717, 1.165) is 12.0 Å². The minimum absolute atomic E-state index is 0.195. The molecule has 0 saturated heterocycles. The molecule has 0 fully saturated rings. The maximum absolute atomic E-state index is 11.7.